The number of aromatic nitrogens is 1. The fourth-order valence-electron chi connectivity index (χ4n) is 2.51. The van der Waals surface area contributed by atoms with Gasteiger partial charge in [-0.1, -0.05) is 11.3 Å². The van der Waals surface area contributed by atoms with Gasteiger partial charge >= 0.3 is 5.97 Å². The van der Waals surface area contributed by atoms with Crippen molar-refractivity contribution in [3.05, 3.63) is 10.9 Å². The highest BCUT2D eigenvalue weighted by atomic mass is 32.1. The highest BCUT2D eigenvalue weighted by molar-refractivity contribution is 7.29. The number of carbonyl (C=O) groups is 2. The lowest BCUT2D eigenvalue weighted by molar-refractivity contribution is -0.143. The van der Waals surface area contributed by atoms with Crippen LogP contribution < -0.4 is 4.90 Å². The number of carbonyl (C=O) groups excluding carboxylic acids is 1. The topological polar surface area (TPSA) is 73.7 Å². The number of aliphatic carboxylic acids is 1. The Morgan fingerprint density at radius 3 is 2.55 bits per heavy atom. The first-order chi connectivity index (χ1) is 10.5. The van der Waals surface area contributed by atoms with Gasteiger partial charge in [0.2, 0.25) is 0 Å². The van der Waals surface area contributed by atoms with Gasteiger partial charge in [-0.25, -0.2) is 4.98 Å². The Kier molecular flexibility index (Phi) is 4.05. The van der Waals surface area contributed by atoms with Gasteiger partial charge in [0.15, 0.2) is 5.13 Å². The number of hydrogen-bond donors (Lipinski definition) is 1. The standard InChI is InChI=1S/C14H17N3O3S2/c1-16(2)14-15-11-9(22-14)7-10(21-11)12(18)17-5-3-8(4-6-17)13(19)20/h7-8H,3-6H2,1-2H3,(H,19,20). The van der Waals surface area contributed by atoms with Gasteiger partial charge in [0.1, 0.15) is 4.83 Å². The van der Waals surface area contributed by atoms with E-state index < -0.39 is 5.97 Å². The van der Waals surface area contributed by atoms with Crippen molar-refractivity contribution in [3.63, 3.8) is 0 Å². The summed E-state index contributed by atoms with van der Waals surface area (Å²) < 4.78 is 1.03. The number of carboxylic acid groups (broad SMARTS) is 1. The van der Waals surface area contributed by atoms with E-state index in [9.17, 15) is 9.59 Å². The maximum atomic E-state index is 12.5. The highest BCUT2D eigenvalue weighted by Gasteiger charge is 2.28. The molecular formula is C14H17N3O3S2. The molecule has 1 aliphatic heterocycles. The maximum absolute atomic E-state index is 12.5. The van der Waals surface area contributed by atoms with E-state index in [0.717, 1.165) is 14.7 Å². The molecule has 0 aliphatic carbocycles. The summed E-state index contributed by atoms with van der Waals surface area (Å²) in [5, 5.41) is 9.94. The van der Waals surface area contributed by atoms with E-state index in [1.165, 1.54) is 11.3 Å². The molecular weight excluding hydrogens is 322 g/mol. The molecule has 8 heteroatoms. The van der Waals surface area contributed by atoms with Gasteiger partial charge in [-0.3, -0.25) is 9.59 Å². The van der Waals surface area contributed by atoms with Gasteiger partial charge in [-0.05, 0) is 18.9 Å². The van der Waals surface area contributed by atoms with Gasteiger partial charge in [0.25, 0.3) is 5.91 Å². The second kappa shape index (κ2) is 5.85. The Labute approximate surface area is 136 Å². The number of rotatable bonds is 3. The van der Waals surface area contributed by atoms with Gasteiger partial charge < -0.3 is 14.9 Å². The van der Waals surface area contributed by atoms with E-state index in [1.54, 1.807) is 16.2 Å². The van der Waals surface area contributed by atoms with Crippen molar-refractivity contribution in [2.45, 2.75) is 12.8 Å². The summed E-state index contributed by atoms with van der Waals surface area (Å²) in [6, 6.07) is 1.90. The van der Waals surface area contributed by atoms with Crippen molar-refractivity contribution in [3.8, 4) is 0 Å². The van der Waals surface area contributed by atoms with E-state index in [-0.39, 0.29) is 11.8 Å². The molecule has 2 aromatic heterocycles. The molecule has 3 rings (SSSR count). The van der Waals surface area contributed by atoms with Crippen LogP contribution in [0.25, 0.3) is 9.53 Å². The maximum Gasteiger partial charge on any atom is 0.306 e. The van der Waals surface area contributed by atoms with Crippen molar-refractivity contribution >= 4 is 49.2 Å². The summed E-state index contributed by atoms with van der Waals surface area (Å²) in [5.74, 6) is -1.09. The van der Waals surface area contributed by atoms with Gasteiger partial charge in [-0.2, -0.15) is 0 Å². The molecule has 1 N–H and O–H groups in total. The minimum Gasteiger partial charge on any atom is -0.481 e. The fourth-order valence-corrected chi connectivity index (χ4v) is 4.61. The third kappa shape index (κ3) is 2.80. The molecule has 0 aromatic carbocycles. The first-order valence-corrected chi connectivity index (χ1v) is 8.69. The zero-order valence-corrected chi connectivity index (χ0v) is 14.0. The summed E-state index contributed by atoms with van der Waals surface area (Å²) in [7, 11) is 3.89. The Morgan fingerprint density at radius 1 is 1.32 bits per heavy atom. The second-order valence-corrected chi connectivity index (χ2v) is 7.62. The van der Waals surface area contributed by atoms with E-state index >= 15 is 0 Å². The number of thiazole rings is 1. The van der Waals surface area contributed by atoms with Crippen molar-refractivity contribution < 1.29 is 14.7 Å². The quantitative estimate of drug-likeness (QED) is 0.929. The van der Waals surface area contributed by atoms with E-state index in [0.29, 0.717) is 30.8 Å². The van der Waals surface area contributed by atoms with Crippen LogP contribution >= 0.6 is 22.7 Å². The first kappa shape index (κ1) is 15.2. The van der Waals surface area contributed by atoms with Crippen molar-refractivity contribution in [2.75, 3.05) is 32.1 Å². The normalized spacial score (nSPS) is 16.2. The molecule has 118 valence electrons. The number of piperidine rings is 1. The van der Waals surface area contributed by atoms with Crippen molar-refractivity contribution in [2.24, 2.45) is 5.92 Å². The summed E-state index contributed by atoms with van der Waals surface area (Å²) in [5.41, 5.74) is 0. The predicted octanol–water partition coefficient (Wildman–Crippen LogP) is 2.36. The largest absolute Gasteiger partial charge is 0.481 e. The fraction of sp³-hybridized carbons (Fsp3) is 0.500. The Balaban J connectivity index is 1.73. The molecule has 0 saturated carbocycles. The van der Waals surface area contributed by atoms with Gasteiger partial charge in [0.05, 0.1) is 15.5 Å². The van der Waals surface area contributed by atoms with Crippen LogP contribution in [0.2, 0.25) is 0 Å². The van der Waals surface area contributed by atoms with Crippen LogP contribution in [-0.4, -0.2) is 54.1 Å². The number of anilines is 1. The molecule has 0 unspecified atom stereocenters. The molecule has 0 bridgehead atoms. The number of thiophene rings is 1. The molecule has 0 atom stereocenters. The summed E-state index contributed by atoms with van der Waals surface area (Å²) in [6.07, 6.45) is 1.06. The Morgan fingerprint density at radius 2 is 2.00 bits per heavy atom. The average molecular weight is 339 g/mol. The smallest absolute Gasteiger partial charge is 0.306 e. The number of likely N-dealkylation sites (tertiary alicyclic amines) is 1. The SMILES string of the molecule is CN(C)c1nc2sc(C(=O)N3CCC(C(=O)O)CC3)cc2s1. The molecule has 0 spiro atoms. The lowest BCUT2D eigenvalue weighted by atomic mass is 9.97. The molecule has 6 nitrogen and oxygen atoms in total. The van der Waals surface area contributed by atoms with Gasteiger partial charge in [-0.15, -0.1) is 11.3 Å². The Bertz CT molecular complexity index is 683. The minimum absolute atomic E-state index is 0.00885. The van der Waals surface area contributed by atoms with E-state index in [2.05, 4.69) is 4.98 Å². The molecule has 1 fully saturated rings. The number of hydrogen-bond acceptors (Lipinski definition) is 6. The number of amides is 1. The second-order valence-electron chi connectivity index (χ2n) is 5.58. The Hall–Kier alpha value is -1.67. The molecule has 1 aliphatic rings. The predicted molar refractivity (Wildman–Crippen MR) is 88.1 cm³/mol. The third-order valence-corrected chi connectivity index (χ3v) is 6.12. The van der Waals surface area contributed by atoms with Crippen LogP contribution in [-0.2, 0) is 4.79 Å². The van der Waals surface area contributed by atoms with E-state index in [1.807, 2.05) is 25.1 Å². The van der Waals surface area contributed by atoms with Crippen LogP contribution in [0.15, 0.2) is 6.07 Å². The summed E-state index contributed by atoms with van der Waals surface area (Å²) >= 11 is 2.98. The molecule has 1 saturated heterocycles. The zero-order valence-electron chi connectivity index (χ0n) is 12.4. The highest BCUT2D eigenvalue weighted by Crippen LogP contribution is 2.34. The van der Waals surface area contributed by atoms with Crippen LogP contribution in [0, 0.1) is 5.92 Å². The van der Waals surface area contributed by atoms with Crippen LogP contribution in [0.1, 0.15) is 22.5 Å². The molecule has 0 radical (unpaired) electrons. The summed E-state index contributed by atoms with van der Waals surface area (Å²) in [4.78, 5) is 33.3. The summed E-state index contributed by atoms with van der Waals surface area (Å²) in [6.45, 7) is 1.02. The third-order valence-electron chi connectivity index (χ3n) is 3.80. The van der Waals surface area contributed by atoms with Crippen LogP contribution in [0.5, 0.6) is 0 Å². The lowest BCUT2D eigenvalue weighted by Gasteiger charge is -2.29. The van der Waals surface area contributed by atoms with Crippen LogP contribution in [0.3, 0.4) is 0 Å². The number of nitrogens with zero attached hydrogens (tertiary/aromatic N) is 3. The average Bonchev–Trinajstić information content (AvgIpc) is 3.05. The van der Waals surface area contributed by atoms with Crippen molar-refractivity contribution in [1.82, 2.24) is 9.88 Å². The number of carboxylic acids is 1. The molecule has 2 aromatic rings. The number of fused-ring (bicyclic) bond motifs is 1. The van der Waals surface area contributed by atoms with Crippen molar-refractivity contribution in [1.29, 1.82) is 0 Å². The minimum atomic E-state index is -0.760. The monoisotopic (exact) mass is 339 g/mol. The molecule has 1 amide bonds. The zero-order chi connectivity index (χ0) is 15.9. The first-order valence-electron chi connectivity index (χ1n) is 7.05. The molecule has 22 heavy (non-hydrogen) atoms. The van der Waals surface area contributed by atoms with Crippen LogP contribution in [0.4, 0.5) is 5.13 Å². The lowest BCUT2D eigenvalue weighted by Crippen LogP contribution is -2.39. The van der Waals surface area contributed by atoms with E-state index in [4.69, 9.17) is 5.11 Å². The molecule has 3 heterocycles. The van der Waals surface area contributed by atoms with Gasteiger partial charge in [0, 0.05) is 27.2 Å².